The lowest BCUT2D eigenvalue weighted by atomic mass is 9.93. The second kappa shape index (κ2) is 5.30. The van der Waals surface area contributed by atoms with Crippen LogP contribution < -0.4 is 9.64 Å². The van der Waals surface area contributed by atoms with Gasteiger partial charge in [0.25, 0.3) is 5.91 Å². The van der Waals surface area contributed by atoms with Crippen LogP contribution in [0.25, 0.3) is 0 Å². The van der Waals surface area contributed by atoms with E-state index in [1.807, 2.05) is 0 Å². The average molecular weight is 314 g/mol. The summed E-state index contributed by atoms with van der Waals surface area (Å²) in [5, 5.41) is 0.0820. The van der Waals surface area contributed by atoms with Gasteiger partial charge in [-0.25, -0.2) is 8.78 Å². The number of ether oxygens (including phenoxy) is 1. The van der Waals surface area contributed by atoms with Crippen molar-refractivity contribution >= 4 is 23.2 Å². The second-order valence-electron chi connectivity index (χ2n) is 5.16. The van der Waals surface area contributed by atoms with Crippen molar-refractivity contribution in [1.82, 2.24) is 0 Å². The van der Waals surface area contributed by atoms with E-state index in [1.165, 1.54) is 13.2 Å². The predicted octanol–water partition coefficient (Wildman–Crippen LogP) is 4.00. The van der Waals surface area contributed by atoms with Crippen molar-refractivity contribution < 1.29 is 18.3 Å². The molecule has 3 rings (SSSR count). The third kappa shape index (κ3) is 2.20. The van der Waals surface area contributed by atoms with Crippen LogP contribution in [0.5, 0.6) is 5.75 Å². The fourth-order valence-corrected chi connectivity index (χ4v) is 3.16. The number of carbonyl (C=O) groups excluding carboxylic acids is 1. The van der Waals surface area contributed by atoms with Gasteiger partial charge in [-0.15, -0.1) is 0 Å². The van der Waals surface area contributed by atoms with Crippen molar-refractivity contribution in [1.29, 1.82) is 0 Å². The lowest BCUT2D eigenvalue weighted by molar-refractivity contribution is -0.115. The average Bonchev–Trinajstić information content (AvgIpc) is 2.72. The van der Waals surface area contributed by atoms with Crippen LogP contribution in [0.4, 0.5) is 14.5 Å². The number of alkyl halides is 1. The molecule has 2 aliphatic rings. The van der Waals surface area contributed by atoms with Crippen molar-refractivity contribution in [2.45, 2.75) is 32.0 Å². The molecular weight excluding hydrogens is 300 g/mol. The molecule has 1 amide bonds. The summed E-state index contributed by atoms with van der Waals surface area (Å²) in [7, 11) is 1.38. The molecule has 21 heavy (non-hydrogen) atoms. The molecule has 0 radical (unpaired) electrons. The highest BCUT2D eigenvalue weighted by Gasteiger charge is 2.42. The van der Waals surface area contributed by atoms with Gasteiger partial charge < -0.3 is 4.74 Å². The summed E-state index contributed by atoms with van der Waals surface area (Å²) in [4.78, 5) is 13.2. The molecular formula is C15H14ClF2NO2. The smallest absolute Gasteiger partial charge is 0.257 e. The number of methoxy groups -OCH3 is 1. The molecule has 3 nitrogen and oxygen atoms in total. The van der Waals surface area contributed by atoms with Crippen LogP contribution in [0, 0.1) is 5.82 Å². The Labute approximate surface area is 126 Å². The fourth-order valence-electron chi connectivity index (χ4n) is 2.93. The Balaban J connectivity index is 2.04. The van der Waals surface area contributed by atoms with Gasteiger partial charge in [-0.05, 0) is 37.3 Å². The summed E-state index contributed by atoms with van der Waals surface area (Å²) in [5.74, 6) is -0.991. The van der Waals surface area contributed by atoms with E-state index >= 15 is 0 Å². The van der Waals surface area contributed by atoms with Gasteiger partial charge in [0.2, 0.25) is 6.30 Å². The molecule has 0 aromatic heterocycles. The molecule has 112 valence electrons. The number of benzene rings is 1. The minimum Gasteiger partial charge on any atom is -0.495 e. The van der Waals surface area contributed by atoms with Crippen molar-refractivity contribution in [3.63, 3.8) is 0 Å². The number of hydrogen-bond acceptors (Lipinski definition) is 2. The summed E-state index contributed by atoms with van der Waals surface area (Å²) < 4.78 is 33.7. The van der Waals surface area contributed by atoms with Crippen LogP contribution in [-0.2, 0) is 4.79 Å². The van der Waals surface area contributed by atoms with Crippen LogP contribution >= 0.6 is 11.6 Å². The zero-order valence-electron chi connectivity index (χ0n) is 11.5. The molecule has 1 unspecified atom stereocenters. The largest absolute Gasteiger partial charge is 0.495 e. The van der Waals surface area contributed by atoms with Gasteiger partial charge in [0.15, 0.2) is 0 Å². The van der Waals surface area contributed by atoms with Crippen LogP contribution in [-0.4, -0.2) is 19.3 Å². The van der Waals surface area contributed by atoms with Gasteiger partial charge in [0, 0.05) is 11.6 Å². The number of hydrogen-bond donors (Lipinski definition) is 0. The normalized spacial score (nSPS) is 21.8. The minimum atomic E-state index is -1.60. The standard InChI is InChI=1S/C15H14ClF2NO2/c1-21-13-7-12(11(17)6-10(13)16)19-14(18)8-4-2-3-5-9(8)15(19)20/h6-7,14H,2-5H2,1H3. The summed E-state index contributed by atoms with van der Waals surface area (Å²) in [5.41, 5.74) is 0.838. The van der Waals surface area contributed by atoms with Gasteiger partial charge >= 0.3 is 0 Å². The molecule has 0 N–H and O–H groups in total. The molecule has 6 heteroatoms. The van der Waals surface area contributed by atoms with Crippen molar-refractivity contribution in [2.75, 3.05) is 12.0 Å². The zero-order chi connectivity index (χ0) is 15.1. The molecule has 1 aliphatic carbocycles. The number of halogens is 3. The van der Waals surface area contributed by atoms with Crippen LogP contribution in [0.15, 0.2) is 23.3 Å². The van der Waals surface area contributed by atoms with Gasteiger partial charge in [0.05, 0.1) is 17.8 Å². The van der Waals surface area contributed by atoms with E-state index in [2.05, 4.69) is 0 Å². The van der Waals surface area contributed by atoms with Gasteiger partial charge in [-0.3, -0.25) is 9.69 Å². The van der Waals surface area contributed by atoms with Gasteiger partial charge in [-0.1, -0.05) is 11.6 Å². The third-order valence-corrected chi connectivity index (χ3v) is 4.28. The Morgan fingerprint density at radius 1 is 1.33 bits per heavy atom. The molecule has 0 bridgehead atoms. The predicted molar refractivity (Wildman–Crippen MR) is 75.8 cm³/mol. The number of carbonyl (C=O) groups is 1. The van der Waals surface area contributed by atoms with E-state index in [0.29, 0.717) is 24.0 Å². The molecule has 1 aromatic carbocycles. The van der Waals surface area contributed by atoms with Crippen molar-refractivity contribution in [2.24, 2.45) is 0 Å². The first-order valence-corrected chi connectivity index (χ1v) is 7.15. The lowest BCUT2D eigenvalue weighted by Crippen LogP contribution is -2.33. The third-order valence-electron chi connectivity index (χ3n) is 3.98. The quantitative estimate of drug-likeness (QED) is 0.772. The molecule has 1 heterocycles. The van der Waals surface area contributed by atoms with E-state index in [1.54, 1.807) is 0 Å². The highest BCUT2D eigenvalue weighted by molar-refractivity contribution is 6.32. The van der Waals surface area contributed by atoms with E-state index in [-0.39, 0.29) is 16.5 Å². The highest BCUT2D eigenvalue weighted by atomic mass is 35.5. The van der Waals surface area contributed by atoms with Crippen molar-refractivity contribution in [3.05, 3.63) is 34.1 Å². The maximum Gasteiger partial charge on any atom is 0.257 e. The first-order chi connectivity index (χ1) is 10.0. The van der Waals surface area contributed by atoms with Gasteiger partial charge in [-0.2, -0.15) is 0 Å². The molecule has 1 aliphatic heterocycles. The molecule has 0 saturated heterocycles. The van der Waals surface area contributed by atoms with E-state index in [0.717, 1.165) is 23.8 Å². The maximum atomic E-state index is 14.6. The Hall–Kier alpha value is -1.62. The monoisotopic (exact) mass is 313 g/mol. The Bertz CT molecular complexity index is 645. The number of rotatable bonds is 2. The van der Waals surface area contributed by atoms with Crippen LogP contribution in [0.3, 0.4) is 0 Å². The number of amides is 1. The SMILES string of the molecule is COc1cc(N2C(=O)C3=C(CCCC3)C2F)c(F)cc1Cl. The number of anilines is 1. The van der Waals surface area contributed by atoms with E-state index < -0.39 is 18.0 Å². The summed E-state index contributed by atoms with van der Waals surface area (Å²) >= 11 is 5.83. The molecule has 1 atom stereocenters. The molecule has 0 saturated carbocycles. The van der Waals surface area contributed by atoms with Crippen molar-refractivity contribution in [3.8, 4) is 5.75 Å². The molecule has 1 aromatic rings. The van der Waals surface area contributed by atoms with Crippen LogP contribution in [0.2, 0.25) is 5.02 Å². The molecule has 0 spiro atoms. The number of nitrogens with zero attached hydrogens (tertiary/aromatic N) is 1. The van der Waals surface area contributed by atoms with Crippen LogP contribution in [0.1, 0.15) is 25.7 Å². The van der Waals surface area contributed by atoms with E-state index in [9.17, 15) is 13.6 Å². The summed E-state index contributed by atoms with van der Waals surface area (Å²) in [6.07, 6.45) is 1.21. The van der Waals surface area contributed by atoms with E-state index in [4.69, 9.17) is 16.3 Å². The summed E-state index contributed by atoms with van der Waals surface area (Å²) in [6.45, 7) is 0. The Morgan fingerprint density at radius 3 is 2.71 bits per heavy atom. The first-order valence-electron chi connectivity index (χ1n) is 6.77. The summed E-state index contributed by atoms with van der Waals surface area (Å²) in [6, 6.07) is 2.30. The Kier molecular flexibility index (Phi) is 3.61. The van der Waals surface area contributed by atoms with Gasteiger partial charge in [0.1, 0.15) is 11.6 Å². The molecule has 0 fully saturated rings. The second-order valence-corrected chi connectivity index (χ2v) is 5.57. The first kappa shape index (κ1) is 14.3. The lowest BCUT2D eigenvalue weighted by Gasteiger charge is -2.22. The Morgan fingerprint density at radius 2 is 2.05 bits per heavy atom. The minimum absolute atomic E-state index is 0.0820. The zero-order valence-corrected chi connectivity index (χ0v) is 12.2. The topological polar surface area (TPSA) is 29.5 Å². The highest BCUT2D eigenvalue weighted by Crippen LogP contribution is 2.42. The maximum absolute atomic E-state index is 14.6. The fraction of sp³-hybridized carbons (Fsp3) is 0.400.